The van der Waals surface area contributed by atoms with Crippen LogP contribution < -0.4 is 19.7 Å². The summed E-state index contributed by atoms with van der Waals surface area (Å²) in [7, 11) is 1.67. The van der Waals surface area contributed by atoms with Crippen LogP contribution in [0.3, 0.4) is 0 Å². The molecule has 2 amide bonds. The minimum Gasteiger partial charge on any atom is -0.495 e. The SMILES string of the molecule is CCOc1ccc(C(=O)NC(C(=O)N2CCN(c3ccccc3OC)CC2)C(C)C)cc1. The number of nitrogens with one attached hydrogen (secondary N) is 1. The molecule has 1 heterocycles. The Kier molecular flexibility index (Phi) is 7.98. The molecule has 0 bridgehead atoms. The van der Waals surface area contributed by atoms with Gasteiger partial charge < -0.3 is 24.6 Å². The van der Waals surface area contributed by atoms with Crippen molar-refractivity contribution in [3.63, 3.8) is 0 Å². The average molecular weight is 440 g/mol. The number of carbonyl (C=O) groups excluding carboxylic acids is 2. The quantitative estimate of drug-likeness (QED) is 0.684. The van der Waals surface area contributed by atoms with E-state index >= 15 is 0 Å². The number of anilines is 1. The van der Waals surface area contributed by atoms with Gasteiger partial charge in [-0.2, -0.15) is 0 Å². The van der Waals surface area contributed by atoms with E-state index in [2.05, 4.69) is 10.2 Å². The number of ether oxygens (including phenoxy) is 2. The van der Waals surface area contributed by atoms with Gasteiger partial charge in [-0.05, 0) is 49.2 Å². The fraction of sp³-hybridized carbons (Fsp3) is 0.440. The monoisotopic (exact) mass is 439 g/mol. The van der Waals surface area contributed by atoms with Crippen LogP contribution in [0.15, 0.2) is 48.5 Å². The summed E-state index contributed by atoms with van der Waals surface area (Å²) in [5.74, 6) is 1.22. The zero-order chi connectivity index (χ0) is 23.1. The van der Waals surface area contributed by atoms with Crippen molar-refractivity contribution in [2.24, 2.45) is 5.92 Å². The minimum atomic E-state index is -0.577. The zero-order valence-corrected chi connectivity index (χ0v) is 19.3. The highest BCUT2D eigenvalue weighted by molar-refractivity contribution is 5.97. The van der Waals surface area contributed by atoms with Gasteiger partial charge in [0.05, 0.1) is 19.4 Å². The molecule has 32 heavy (non-hydrogen) atoms. The molecular formula is C25H33N3O4. The molecule has 2 aromatic rings. The molecule has 7 nitrogen and oxygen atoms in total. The van der Waals surface area contributed by atoms with Gasteiger partial charge in [0.2, 0.25) is 5.91 Å². The molecule has 0 aromatic heterocycles. The third kappa shape index (κ3) is 5.52. The van der Waals surface area contributed by atoms with Crippen molar-refractivity contribution in [1.29, 1.82) is 0 Å². The number of piperazine rings is 1. The van der Waals surface area contributed by atoms with E-state index in [-0.39, 0.29) is 17.7 Å². The molecule has 1 N–H and O–H groups in total. The number of benzene rings is 2. The minimum absolute atomic E-state index is 0.0265. The largest absolute Gasteiger partial charge is 0.495 e. The number of hydrogen-bond acceptors (Lipinski definition) is 5. The van der Waals surface area contributed by atoms with E-state index in [1.807, 2.05) is 49.9 Å². The highest BCUT2D eigenvalue weighted by Crippen LogP contribution is 2.28. The molecule has 172 valence electrons. The Balaban J connectivity index is 1.62. The van der Waals surface area contributed by atoms with E-state index in [1.54, 1.807) is 31.4 Å². The third-order valence-corrected chi connectivity index (χ3v) is 5.66. The van der Waals surface area contributed by atoms with Gasteiger partial charge in [-0.1, -0.05) is 26.0 Å². The normalized spacial score (nSPS) is 14.8. The molecule has 1 saturated heterocycles. The van der Waals surface area contributed by atoms with Crippen LogP contribution in [0, 0.1) is 5.92 Å². The molecule has 1 unspecified atom stereocenters. The predicted octanol–water partition coefficient (Wildman–Crippen LogP) is 3.20. The molecule has 1 atom stereocenters. The van der Waals surface area contributed by atoms with Gasteiger partial charge in [0, 0.05) is 31.7 Å². The summed E-state index contributed by atoms with van der Waals surface area (Å²) in [6.45, 7) is 9.00. The lowest BCUT2D eigenvalue weighted by atomic mass is 10.0. The van der Waals surface area contributed by atoms with Crippen molar-refractivity contribution >= 4 is 17.5 Å². The first-order valence-corrected chi connectivity index (χ1v) is 11.1. The average Bonchev–Trinajstić information content (AvgIpc) is 2.82. The lowest BCUT2D eigenvalue weighted by Crippen LogP contribution is -2.56. The maximum atomic E-state index is 13.3. The highest BCUT2D eigenvalue weighted by Gasteiger charge is 2.31. The smallest absolute Gasteiger partial charge is 0.251 e. The molecule has 3 rings (SSSR count). The first-order chi connectivity index (χ1) is 15.4. The zero-order valence-electron chi connectivity index (χ0n) is 19.3. The van der Waals surface area contributed by atoms with E-state index in [9.17, 15) is 9.59 Å². The Hall–Kier alpha value is -3.22. The molecule has 1 fully saturated rings. The Morgan fingerprint density at radius 2 is 1.66 bits per heavy atom. The van der Waals surface area contributed by atoms with E-state index < -0.39 is 6.04 Å². The van der Waals surface area contributed by atoms with Crippen LogP contribution in [0.5, 0.6) is 11.5 Å². The second-order valence-electron chi connectivity index (χ2n) is 8.14. The van der Waals surface area contributed by atoms with Crippen molar-refractivity contribution in [1.82, 2.24) is 10.2 Å². The molecule has 2 aromatic carbocycles. The second kappa shape index (κ2) is 10.9. The van der Waals surface area contributed by atoms with Gasteiger partial charge in [-0.3, -0.25) is 9.59 Å². The summed E-state index contributed by atoms with van der Waals surface area (Å²) in [5, 5.41) is 2.94. The molecule has 7 heteroatoms. The first kappa shape index (κ1) is 23.4. The summed E-state index contributed by atoms with van der Waals surface area (Å²) in [4.78, 5) is 30.1. The van der Waals surface area contributed by atoms with Crippen molar-refractivity contribution in [2.75, 3.05) is 44.8 Å². The van der Waals surface area contributed by atoms with Crippen LogP contribution in [-0.4, -0.2) is 62.7 Å². The molecule has 0 radical (unpaired) electrons. The van der Waals surface area contributed by atoms with Crippen LogP contribution >= 0.6 is 0 Å². The van der Waals surface area contributed by atoms with Crippen LogP contribution in [-0.2, 0) is 4.79 Å². The Bertz CT molecular complexity index is 906. The Morgan fingerprint density at radius 3 is 2.25 bits per heavy atom. The van der Waals surface area contributed by atoms with Gasteiger partial charge in [0.25, 0.3) is 5.91 Å². The lowest BCUT2D eigenvalue weighted by molar-refractivity contribution is -0.134. The number of para-hydroxylation sites is 2. The van der Waals surface area contributed by atoms with E-state index in [0.29, 0.717) is 44.1 Å². The number of methoxy groups -OCH3 is 1. The van der Waals surface area contributed by atoms with Crippen LogP contribution in [0.4, 0.5) is 5.69 Å². The van der Waals surface area contributed by atoms with Gasteiger partial charge in [0.15, 0.2) is 0 Å². The van der Waals surface area contributed by atoms with Crippen molar-refractivity contribution < 1.29 is 19.1 Å². The maximum Gasteiger partial charge on any atom is 0.251 e. The molecule has 0 aliphatic carbocycles. The summed E-state index contributed by atoms with van der Waals surface area (Å²) >= 11 is 0. The van der Waals surface area contributed by atoms with E-state index in [1.165, 1.54) is 0 Å². The summed E-state index contributed by atoms with van der Waals surface area (Å²) in [5.41, 5.74) is 1.54. The number of amides is 2. The third-order valence-electron chi connectivity index (χ3n) is 5.66. The lowest BCUT2D eigenvalue weighted by Gasteiger charge is -2.38. The standard InChI is InChI=1S/C25H33N3O4/c1-5-32-20-12-10-19(11-13-20)24(29)26-23(18(2)3)25(30)28-16-14-27(15-17-28)21-8-6-7-9-22(21)31-4/h6-13,18,23H,5,14-17H2,1-4H3,(H,26,29). The van der Waals surface area contributed by atoms with Crippen LogP contribution in [0.2, 0.25) is 0 Å². The van der Waals surface area contributed by atoms with E-state index in [0.717, 1.165) is 11.4 Å². The second-order valence-corrected chi connectivity index (χ2v) is 8.14. The fourth-order valence-corrected chi connectivity index (χ4v) is 3.86. The van der Waals surface area contributed by atoms with Gasteiger partial charge >= 0.3 is 0 Å². The van der Waals surface area contributed by atoms with Gasteiger partial charge in [-0.15, -0.1) is 0 Å². The number of hydrogen-bond donors (Lipinski definition) is 1. The maximum absolute atomic E-state index is 13.3. The summed E-state index contributed by atoms with van der Waals surface area (Å²) in [6, 6.07) is 14.3. The van der Waals surface area contributed by atoms with Gasteiger partial charge in [-0.25, -0.2) is 0 Å². The van der Waals surface area contributed by atoms with Crippen LogP contribution in [0.25, 0.3) is 0 Å². The van der Waals surface area contributed by atoms with E-state index in [4.69, 9.17) is 9.47 Å². The van der Waals surface area contributed by atoms with Crippen molar-refractivity contribution in [3.8, 4) is 11.5 Å². The predicted molar refractivity (Wildman–Crippen MR) is 125 cm³/mol. The number of rotatable bonds is 8. The van der Waals surface area contributed by atoms with Gasteiger partial charge in [0.1, 0.15) is 17.5 Å². The molecule has 0 spiro atoms. The first-order valence-electron chi connectivity index (χ1n) is 11.1. The Morgan fingerprint density at radius 1 is 1.00 bits per heavy atom. The van der Waals surface area contributed by atoms with Crippen molar-refractivity contribution in [2.45, 2.75) is 26.8 Å². The molecule has 1 aliphatic heterocycles. The molecule has 1 aliphatic rings. The topological polar surface area (TPSA) is 71.1 Å². The summed E-state index contributed by atoms with van der Waals surface area (Å²) < 4.78 is 10.9. The molecular weight excluding hydrogens is 406 g/mol. The van der Waals surface area contributed by atoms with Crippen molar-refractivity contribution in [3.05, 3.63) is 54.1 Å². The highest BCUT2D eigenvalue weighted by atomic mass is 16.5. The van der Waals surface area contributed by atoms with Crippen LogP contribution in [0.1, 0.15) is 31.1 Å². The Labute approximate surface area is 190 Å². The summed E-state index contributed by atoms with van der Waals surface area (Å²) in [6.07, 6.45) is 0. The fourth-order valence-electron chi connectivity index (χ4n) is 3.86. The molecule has 0 saturated carbocycles. The number of carbonyl (C=O) groups is 2. The number of nitrogens with zero attached hydrogens (tertiary/aromatic N) is 2.